The second kappa shape index (κ2) is 7.49. The third-order valence-corrected chi connectivity index (χ3v) is 2.82. The zero-order valence-corrected chi connectivity index (χ0v) is 11.7. The summed E-state index contributed by atoms with van der Waals surface area (Å²) in [4.78, 5) is 33.3. The molecule has 0 heterocycles. The summed E-state index contributed by atoms with van der Waals surface area (Å²) in [5, 5.41) is 13.4. The SMILES string of the molecule is Cc1cccc(Cl)c1NC(=O)NC(=O)CCCC(=O)O. The van der Waals surface area contributed by atoms with Gasteiger partial charge in [-0.15, -0.1) is 0 Å². The van der Waals surface area contributed by atoms with Crippen molar-refractivity contribution in [1.29, 1.82) is 0 Å². The van der Waals surface area contributed by atoms with E-state index in [1.807, 2.05) is 0 Å². The number of carboxylic acids is 1. The fraction of sp³-hybridized carbons (Fsp3) is 0.308. The number of hydrogen-bond donors (Lipinski definition) is 3. The number of urea groups is 1. The number of imide groups is 1. The van der Waals surface area contributed by atoms with Gasteiger partial charge in [-0.1, -0.05) is 23.7 Å². The third-order valence-electron chi connectivity index (χ3n) is 2.51. The smallest absolute Gasteiger partial charge is 0.325 e. The van der Waals surface area contributed by atoms with Crippen LogP contribution >= 0.6 is 11.6 Å². The summed E-state index contributed by atoms with van der Waals surface area (Å²) in [5.74, 6) is -1.51. The van der Waals surface area contributed by atoms with Crippen LogP contribution in [0.15, 0.2) is 18.2 Å². The van der Waals surface area contributed by atoms with E-state index in [0.29, 0.717) is 10.7 Å². The van der Waals surface area contributed by atoms with Crippen LogP contribution in [0.25, 0.3) is 0 Å². The summed E-state index contributed by atoms with van der Waals surface area (Å²) in [6.45, 7) is 1.77. The van der Waals surface area contributed by atoms with Crippen LogP contribution in [-0.4, -0.2) is 23.0 Å². The van der Waals surface area contributed by atoms with Crippen LogP contribution in [0.5, 0.6) is 0 Å². The van der Waals surface area contributed by atoms with E-state index in [1.165, 1.54) is 0 Å². The monoisotopic (exact) mass is 298 g/mol. The van der Waals surface area contributed by atoms with Crippen LogP contribution in [0.3, 0.4) is 0 Å². The van der Waals surface area contributed by atoms with Crippen molar-refractivity contribution in [2.45, 2.75) is 26.2 Å². The van der Waals surface area contributed by atoms with Gasteiger partial charge in [0.25, 0.3) is 0 Å². The molecule has 0 fully saturated rings. The molecule has 0 saturated heterocycles. The minimum absolute atomic E-state index is 0.0266. The van der Waals surface area contributed by atoms with Crippen molar-refractivity contribution in [3.8, 4) is 0 Å². The predicted molar refractivity (Wildman–Crippen MR) is 74.8 cm³/mol. The lowest BCUT2D eigenvalue weighted by molar-refractivity contribution is -0.137. The van der Waals surface area contributed by atoms with Crippen molar-refractivity contribution in [3.05, 3.63) is 28.8 Å². The fourth-order valence-electron chi connectivity index (χ4n) is 1.52. The molecule has 20 heavy (non-hydrogen) atoms. The highest BCUT2D eigenvalue weighted by Gasteiger charge is 2.11. The molecule has 0 aliphatic carbocycles. The molecule has 0 aliphatic heterocycles. The molecule has 1 aromatic carbocycles. The molecule has 0 aromatic heterocycles. The first kappa shape index (κ1) is 16.0. The molecule has 3 amide bonds. The predicted octanol–water partition coefficient (Wildman–Crippen LogP) is 2.55. The Hall–Kier alpha value is -2.08. The van der Waals surface area contributed by atoms with E-state index in [0.717, 1.165) is 5.56 Å². The quantitative estimate of drug-likeness (QED) is 0.778. The lowest BCUT2D eigenvalue weighted by atomic mass is 10.2. The highest BCUT2D eigenvalue weighted by atomic mass is 35.5. The normalized spacial score (nSPS) is 9.90. The van der Waals surface area contributed by atoms with Gasteiger partial charge >= 0.3 is 12.0 Å². The van der Waals surface area contributed by atoms with Gasteiger partial charge in [-0.3, -0.25) is 14.9 Å². The summed E-state index contributed by atoms with van der Waals surface area (Å²) in [5.41, 5.74) is 1.20. The first-order chi connectivity index (χ1) is 9.40. The highest BCUT2D eigenvalue weighted by molar-refractivity contribution is 6.34. The van der Waals surface area contributed by atoms with Gasteiger partial charge in [-0.2, -0.15) is 0 Å². The Labute approximate surface area is 121 Å². The minimum Gasteiger partial charge on any atom is -0.481 e. The molecule has 3 N–H and O–H groups in total. The van der Waals surface area contributed by atoms with Gasteiger partial charge in [0, 0.05) is 12.8 Å². The maximum atomic E-state index is 11.6. The van der Waals surface area contributed by atoms with E-state index >= 15 is 0 Å². The Kier molecular flexibility index (Phi) is 5.99. The molecule has 1 aromatic rings. The summed E-state index contributed by atoms with van der Waals surface area (Å²) in [6, 6.07) is 4.45. The van der Waals surface area contributed by atoms with Crippen molar-refractivity contribution in [2.24, 2.45) is 0 Å². The van der Waals surface area contributed by atoms with Gasteiger partial charge < -0.3 is 10.4 Å². The van der Waals surface area contributed by atoms with Gasteiger partial charge in [-0.05, 0) is 25.0 Å². The number of carboxylic acid groups (broad SMARTS) is 1. The summed E-state index contributed by atoms with van der Waals surface area (Å²) >= 11 is 5.94. The Morgan fingerprint density at radius 2 is 1.95 bits per heavy atom. The first-order valence-electron chi connectivity index (χ1n) is 5.98. The van der Waals surface area contributed by atoms with E-state index in [-0.39, 0.29) is 19.3 Å². The molecule has 0 bridgehead atoms. The number of amides is 3. The zero-order chi connectivity index (χ0) is 15.1. The fourth-order valence-corrected chi connectivity index (χ4v) is 1.79. The largest absolute Gasteiger partial charge is 0.481 e. The number of anilines is 1. The van der Waals surface area contributed by atoms with E-state index in [9.17, 15) is 14.4 Å². The highest BCUT2D eigenvalue weighted by Crippen LogP contribution is 2.24. The molecule has 6 nitrogen and oxygen atoms in total. The van der Waals surface area contributed by atoms with Gasteiger partial charge in [-0.25, -0.2) is 4.79 Å². The van der Waals surface area contributed by atoms with E-state index in [4.69, 9.17) is 16.7 Å². The third kappa shape index (κ3) is 5.27. The van der Waals surface area contributed by atoms with Crippen LogP contribution in [0, 0.1) is 6.92 Å². The number of nitrogens with one attached hydrogen (secondary N) is 2. The number of benzene rings is 1. The van der Waals surface area contributed by atoms with Crippen molar-refractivity contribution in [3.63, 3.8) is 0 Å². The zero-order valence-electron chi connectivity index (χ0n) is 10.9. The van der Waals surface area contributed by atoms with Crippen LogP contribution in [-0.2, 0) is 9.59 Å². The Balaban J connectivity index is 2.47. The second-order valence-corrected chi connectivity index (χ2v) is 4.59. The Morgan fingerprint density at radius 1 is 1.25 bits per heavy atom. The summed E-state index contributed by atoms with van der Waals surface area (Å²) < 4.78 is 0. The van der Waals surface area contributed by atoms with Crippen molar-refractivity contribution < 1.29 is 19.5 Å². The van der Waals surface area contributed by atoms with Crippen LogP contribution in [0.4, 0.5) is 10.5 Å². The molecule has 0 atom stereocenters. The van der Waals surface area contributed by atoms with E-state index in [1.54, 1.807) is 25.1 Å². The topological polar surface area (TPSA) is 95.5 Å². The molecule has 0 spiro atoms. The molecule has 0 unspecified atom stereocenters. The Bertz CT molecular complexity index is 511. The van der Waals surface area contributed by atoms with Crippen LogP contribution in [0.1, 0.15) is 24.8 Å². The van der Waals surface area contributed by atoms with Gasteiger partial charge in [0.05, 0.1) is 10.7 Å². The summed E-state index contributed by atoms with van der Waals surface area (Å²) in [6.07, 6.45) is 0.0411. The van der Waals surface area contributed by atoms with Gasteiger partial charge in [0.15, 0.2) is 0 Å². The molecule has 0 saturated carbocycles. The van der Waals surface area contributed by atoms with Crippen LogP contribution < -0.4 is 10.6 Å². The maximum absolute atomic E-state index is 11.6. The average Bonchev–Trinajstić information content (AvgIpc) is 2.33. The molecular formula is C13H15ClN2O4. The Morgan fingerprint density at radius 3 is 2.55 bits per heavy atom. The minimum atomic E-state index is -0.978. The van der Waals surface area contributed by atoms with Gasteiger partial charge in [0.1, 0.15) is 0 Å². The number of hydrogen-bond acceptors (Lipinski definition) is 3. The maximum Gasteiger partial charge on any atom is 0.325 e. The molecule has 108 valence electrons. The number of para-hydroxylation sites is 1. The van der Waals surface area contributed by atoms with E-state index < -0.39 is 17.9 Å². The van der Waals surface area contributed by atoms with Crippen LogP contribution in [0.2, 0.25) is 5.02 Å². The molecule has 1 rings (SSSR count). The number of rotatable bonds is 5. The lowest BCUT2D eigenvalue weighted by Crippen LogP contribution is -2.34. The summed E-state index contributed by atoms with van der Waals surface area (Å²) in [7, 11) is 0. The molecule has 7 heteroatoms. The molecule has 0 radical (unpaired) electrons. The lowest BCUT2D eigenvalue weighted by Gasteiger charge is -2.10. The number of halogens is 1. The van der Waals surface area contributed by atoms with Crippen molar-refractivity contribution >= 4 is 35.2 Å². The van der Waals surface area contributed by atoms with E-state index in [2.05, 4.69) is 10.6 Å². The first-order valence-corrected chi connectivity index (χ1v) is 6.35. The molecule has 0 aliphatic rings. The second-order valence-electron chi connectivity index (χ2n) is 4.18. The average molecular weight is 299 g/mol. The number of aliphatic carboxylic acids is 1. The molecular weight excluding hydrogens is 284 g/mol. The van der Waals surface area contributed by atoms with Crippen molar-refractivity contribution in [2.75, 3.05) is 5.32 Å². The number of carbonyl (C=O) groups excluding carboxylic acids is 2. The standard InChI is InChI=1S/C13H15ClN2O4/c1-8-4-2-5-9(14)12(8)16-13(20)15-10(17)6-3-7-11(18)19/h2,4-5H,3,6-7H2,1H3,(H,18,19)(H2,15,16,17,20). The van der Waals surface area contributed by atoms with Crippen molar-refractivity contribution in [1.82, 2.24) is 5.32 Å². The number of carbonyl (C=O) groups is 3. The van der Waals surface area contributed by atoms with Gasteiger partial charge in [0.2, 0.25) is 5.91 Å². The number of aryl methyl sites for hydroxylation is 1.